The molecule has 0 bridgehead atoms. The predicted octanol–water partition coefficient (Wildman–Crippen LogP) is 0.288. The number of rotatable bonds is 0. The van der Waals surface area contributed by atoms with Crippen LogP contribution in [0.5, 0.6) is 0 Å². The molecule has 1 atom stereocenters. The molecule has 0 aromatic rings. The van der Waals surface area contributed by atoms with Gasteiger partial charge in [-0.2, -0.15) is 0 Å². The molecular weight excluding hydrogens is 147 g/mol. The van der Waals surface area contributed by atoms with Crippen LogP contribution in [0.3, 0.4) is 0 Å². The monoisotopic (exact) mass is 160 g/mol. The first-order valence-electron chi connectivity index (χ1n) is 3.45. The molecule has 0 saturated carbocycles. The molecule has 0 aromatic heterocycles. The van der Waals surface area contributed by atoms with Crippen LogP contribution in [-0.4, -0.2) is 35.2 Å². The largest absolute Gasteiger partial charge is 0.330 e. The van der Waals surface area contributed by atoms with E-state index in [1.54, 1.807) is 6.92 Å². The lowest BCUT2D eigenvalue weighted by Gasteiger charge is -2.32. The van der Waals surface area contributed by atoms with Crippen molar-refractivity contribution in [2.24, 2.45) is 0 Å². The number of carbonyl (C=O) groups is 1. The van der Waals surface area contributed by atoms with Gasteiger partial charge in [0.1, 0.15) is 0 Å². The Morgan fingerprint density at radius 2 is 2.20 bits per heavy atom. The van der Waals surface area contributed by atoms with Crippen molar-refractivity contribution in [1.29, 1.82) is 0 Å². The van der Waals surface area contributed by atoms with E-state index in [4.69, 9.17) is 0 Å². The fraction of sp³-hybridized carbons (Fsp3) is 0.833. The number of hydrogen-bond acceptors (Lipinski definition) is 2. The van der Waals surface area contributed by atoms with E-state index in [2.05, 4.69) is 14.1 Å². The molecule has 0 radical (unpaired) electrons. The highest BCUT2D eigenvalue weighted by molar-refractivity contribution is 7.13. The van der Waals surface area contributed by atoms with Crippen molar-refractivity contribution in [3.8, 4) is 0 Å². The van der Waals surface area contributed by atoms with Gasteiger partial charge in [-0.15, -0.1) is 0 Å². The highest BCUT2D eigenvalue weighted by Gasteiger charge is 2.15. The summed E-state index contributed by atoms with van der Waals surface area (Å²) in [5.74, 6) is 0.173. The summed E-state index contributed by atoms with van der Waals surface area (Å²) in [4.78, 5) is 12.7. The molecule has 58 valence electrons. The maximum absolute atomic E-state index is 10.8. The molecule has 1 rings (SSSR count). The third-order valence-electron chi connectivity index (χ3n) is 1.67. The molecule has 1 aliphatic heterocycles. The smallest absolute Gasteiger partial charge is 0.220 e. The van der Waals surface area contributed by atoms with Crippen molar-refractivity contribution < 1.29 is 4.79 Å². The molecule has 1 saturated heterocycles. The number of nitrogens with zero attached hydrogens (tertiary/aromatic N) is 2. The summed E-state index contributed by atoms with van der Waals surface area (Å²) in [7, 11) is 2.61. The quantitative estimate of drug-likeness (QED) is 0.475. The van der Waals surface area contributed by atoms with Crippen LogP contribution >= 0.6 is 9.39 Å². The zero-order valence-electron chi connectivity index (χ0n) is 6.21. The van der Waals surface area contributed by atoms with Gasteiger partial charge in [0.15, 0.2) is 0 Å². The standard InChI is InChI=1S/C6H13N2OP/c1-6(9)7-3-2-4-8(10)5-7/h2-5,10H2,1H3. The van der Waals surface area contributed by atoms with Crippen molar-refractivity contribution in [2.75, 3.05) is 19.8 Å². The average Bonchev–Trinajstić information content (AvgIpc) is 1.88. The van der Waals surface area contributed by atoms with Gasteiger partial charge in [0.2, 0.25) is 5.91 Å². The molecule has 0 aliphatic carbocycles. The van der Waals surface area contributed by atoms with Crippen LogP contribution in [0.1, 0.15) is 13.3 Å². The Morgan fingerprint density at radius 1 is 1.50 bits per heavy atom. The fourth-order valence-corrected chi connectivity index (χ4v) is 1.46. The highest BCUT2D eigenvalue weighted by Crippen LogP contribution is 2.09. The lowest BCUT2D eigenvalue weighted by atomic mass is 10.3. The van der Waals surface area contributed by atoms with Gasteiger partial charge in [-0.25, -0.2) is 0 Å². The SMILES string of the molecule is CC(=O)N1CCCN(P)C1. The van der Waals surface area contributed by atoms with Gasteiger partial charge < -0.3 is 4.90 Å². The number of carbonyl (C=O) groups excluding carboxylic acids is 1. The summed E-state index contributed by atoms with van der Waals surface area (Å²) in [6, 6.07) is 0. The van der Waals surface area contributed by atoms with E-state index >= 15 is 0 Å². The molecule has 1 fully saturated rings. The minimum absolute atomic E-state index is 0.173. The van der Waals surface area contributed by atoms with Gasteiger partial charge in [0, 0.05) is 20.0 Å². The van der Waals surface area contributed by atoms with Crippen LogP contribution in [0.25, 0.3) is 0 Å². The van der Waals surface area contributed by atoms with Crippen LogP contribution in [0.4, 0.5) is 0 Å². The maximum atomic E-state index is 10.8. The Balaban J connectivity index is 2.39. The van der Waals surface area contributed by atoms with Crippen molar-refractivity contribution in [2.45, 2.75) is 13.3 Å². The lowest BCUT2D eigenvalue weighted by molar-refractivity contribution is -0.131. The molecule has 1 aliphatic rings. The zero-order valence-corrected chi connectivity index (χ0v) is 7.36. The number of hydrogen-bond donors (Lipinski definition) is 0. The van der Waals surface area contributed by atoms with Crippen molar-refractivity contribution >= 4 is 15.3 Å². The fourth-order valence-electron chi connectivity index (χ4n) is 1.08. The van der Waals surface area contributed by atoms with E-state index in [9.17, 15) is 4.79 Å². The Labute approximate surface area is 63.6 Å². The second kappa shape index (κ2) is 3.31. The molecule has 0 aromatic carbocycles. The van der Waals surface area contributed by atoms with Gasteiger partial charge >= 0.3 is 0 Å². The topological polar surface area (TPSA) is 23.6 Å². The summed E-state index contributed by atoms with van der Waals surface area (Å²) in [6.07, 6.45) is 1.09. The van der Waals surface area contributed by atoms with Crippen LogP contribution in [0.15, 0.2) is 0 Å². The predicted molar refractivity (Wildman–Crippen MR) is 43.3 cm³/mol. The third-order valence-corrected chi connectivity index (χ3v) is 2.09. The second-order valence-corrected chi connectivity index (χ2v) is 3.32. The molecule has 1 unspecified atom stereocenters. The minimum atomic E-state index is 0.173. The minimum Gasteiger partial charge on any atom is -0.330 e. The summed E-state index contributed by atoms with van der Waals surface area (Å²) < 4.78 is 2.07. The van der Waals surface area contributed by atoms with E-state index in [1.807, 2.05) is 4.90 Å². The lowest BCUT2D eigenvalue weighted by Crippen LogP contribution is -2.42. The van der Waals surface area contributed by atoms with Crippen LogP contribution < -0.4 is 0 Å². The maximum Gasteiger partial charge on any atom is 0.220 e. The van der Waals surface area contributed by atoms with Gasteiger partial charge in [-0.05, 0) is 6.42 Å². The van der Waals surface area contributed by atoms with E-state index in [0.29, 0.717) is 0 Å². The first-order valence-corrected chi connectivity index (χ1v) is 3.97. The number of amides is 1. The molecular formula is C6H13N2OP. The highest BCUT2D eigenvalue weighted by atomic mass is 31.0. The molecule has 0 spiro atoms. The van der Waals surface area contributed by atoms with Gasteiger partial charge in [-0.3, -0.25) is 9.46 Å². The second-order valence-electron chi connectivity index (χ2n) is 2.59. The normalized spacial score (nSPS) is 21.2. The first kappa shape index (κ1) is 7.96. The summed E-state index contributed by atoms with van der Waals surface area (Å²) in [6.45, 7) is 4.37. The van der Waals surface area contributed by atoms with Gasteiger partial charge in [-0.1, -0.05) is 9.39 Å². The molecule has 3 nitrogen and oxygen atoms in total. The molecule has 1 amide bonds. The molecule has 1 heterocycles. The van der Waals surface area contributed by atoms with E-state index in [1.165, 1.54) is 0 Å². The molecule has 10 heavy (non-hydrogen) atoms. The molecule has 0 N–H and O–H groups in total. The van der Waals surface area contributed by atoms with Crippen molar-refractivity contribution in [3.05, 3.63) is 0 Å². The van der Waals surface area contributed by atoms with E-state index in [0.717, 1.165) is 26.2 Å². The zero-order chi connectivity index (χ0) is 7.56. The summed E-state index contributed by atoms with van der Waals surface area (Å²) >= 11 is 0. The van der Waals surface area contributed by atoms with Crippen molar-refractivity contribution in [3.63, 3.8) is 0 Å². The first-order chi connectivity index (χ1) is 4.70. The van der Waals surface area contributed by atoms with Crippen LogP contribution in [-0.2, 0) is 4.79 Å². The summed E-state index contributed by atoms with van der Waals surface area (Å²) in [5.41, 5.74) is 0. The Bertz CT molecular complexity index is 140. The third kappa shape index (κ3) is 1.93. The van der Waals surface area contributed by atoms with Gasteiger partial charge in [0.05, 0.1) is 6.67 Å². The Morgan fingerprint density at radius 3 is 2.60 bits per heavy atom. The Kier molecular flexibility index (Phi) is 2.64. The Hall–Kier alpha value is -0.140. The van der Waals surface area contributed by atoms with Gasteiger partial charge in [0.25, 0.3) is 0 Å². The van der Waals surface area contributed by atoms with E-state index in [-0.39, 0.29) is 5.91 Å². The average molecular weight is 160 g/mol. The van der Waals surface area contributed by atoms with Crippen LogP contribution in [0.2, 0.25) is 0 Å². The van der Waals surface area contributed by atoms with Crippen LogP contribution in [0, 0.1) is 0 Å². The van der Waals surface area contributed by atoms with Crippen molar-refractivity contribution in [1.82, 2.24) is 9.57 Å². The molecule has 4 heteroatoms. The summed E-state index contributed by atoms with van der Waals surface area (Å²) in [5, 5.41) is 0. The van der Waals surface area contributed by atoms with E-state index < -0.39 is 0 Å².